The molecule has 0 bridgehead atoms. The van der Waals surface area contributed by atoms with E-state index in [4.69, 9.17) is 28.5 Å². The molecule has 0 saturated carbocycles. The van der Waals surface area contributed by atoms with Crippen LogP contribution in [0, 0.1) is 0 Å². The van der Waals surface area contributed by atoms with Crippen molar-refractivity contribution >= 4 is 22.9 Å². The van der Waals surface area contributed by atoms with Crippen molar-refractivity contribution in [1.29, 1.82) is 0 Å². The number of carbonyl (C=O) groups is 2. The van der Waals surface area contributed by atoms with E-state index in [0.717, 1.165) is 6.07 Å². The van der Waals surface area contributed by atoms with Gasteiger partial charge in [0, 0.05) is 11.6 Å². The maximum absolute atomic E-state index is 13.6. The second-order valence-corrected chi connectivity index (χ2v) is 8.67. The fourth-order valence-electron chi connectivity index (χ4n) is 4.02. The minimum absolute atomic E-state index is 0.134. The van der Waals surface area contributed by atoms with Crippen LogP contribution in [0.4, 0.5) is 0 Å². The minimum Gasteiger partial charge on any atom is -0.508 e. The third-order valence-corrected chi connectivity index (χ3v) is 5.98. The highest BCUT2D eigenvalue weighted by Crippen LogP contribution is 2.43. The number of aliphatic hydroxyl groups is 3. The van der Waals surface area contributed by atoms with Crippen molar-refractivity contribution in [3.05, 3.63) is 40.6 Å². The summed E-state index contributed by atoms with van der Waals surface area (Å²) >= 11 is 0. The molecule has 40 heavy (non-hydrogen) atoms. The minimum atomic E-state index is -1.97. The topological polar surface area (TPSA) is 243 Å². The van der Waals surface area contributed by atoms with Gasteiger partial charge in [0.25, 0.3) is 0 Å². The van der Waals surface area contributed by atoms with Crippen LogP contribution in [0.15, 0.2) is 39.5 Å². The van der Waals surface area contributed by atoms with E-state index in [-0.39, 0.29) is 28.4 Å². The number of fused-ring (bicyclic) bond motifs is 1. The molecule has 7 N–H and O–H groups in total. The summed E-state index contributed by atoms with van der Waals surface area (Å²) in [7, 11) is 1.18. The number of rotatable bonds is 8. The molecule has 0 radical (unpaired) electrons. The molecule has 15 nitrogen and oxygen atoms in total. The van der Waals surface area contributed by atoms with E-state index in [0.29, 0.717) is 0 Å². The lowest BCUT2D eigenvalue weighted by atomic mass is 9.99. The van der Waals surface area contributed by atoms with Crippen LogP contribution < -0.4 is 14.9 Å². The van der Waals surface area contributed by atoms with Crippen molar-refractivity contribution < 1.29 is 68.7 Å². The average molecular weight is 564 g/mol. The predicted octanol–water partition coefficient (Wildman–Crippen LogP) is -0.210. The monoisotopic (exact) mass is 564 g/mol. The van der Waals surface area contributed by atoms with Crippen LogP contribution in [0.2, 0.25) is 0 Å². The molecule has 15 heteroatoms. The summed E-state index contributed by atoms with van der Waals surface area (Å²) in [6, 6.07) is 6.02. The van der Waals surface area contributed by atoms with Gasteiger partial charge in [-0.3, -0.25) is 14.4 Å². The predicted molar refractivity (Wildman–Crippen MR) is 130 cm³/mol. The highest BCUT2D eigenvalue weighted by molar-refractivity contribution is 5.93. The lowest BCUT2D eigenvalue weighted by molar-refractivity contribution is -0.278. The van der Waals surface area contributed by atoms with Gasteiger partial charge >= 0.3 is 11.9 Å². The first-order valence-electron chi connectivity index (χ1n) is 11.6. The van der Waals surface area contributed by atoms with E-state index in [1.165, 1.54) is 31.4 Å². The maximum Gasteiger partial charge on any atom is 0.317 e. The molecule has 0 spiro atoms. The zero-order valence-corrected chi connectivity index (χ0v) is 20.6. The number of ether oxygens (including phenoxy) is 4. The van der Waals surface area contributed by atoms with Crippen LogP contribution in [0.1, 0.15) is 6.42 Å². The van der Waals surface area contributed by atoms with Gasteiger partial charge in [0.2, 0.25) is 23.2 Å². The standard InChI is InChI=1S/C25H24O15/c1-36-22-12(28)6-11(27)16-18(33)24(21(39-23(16)22)9-2-4-10(26)5-3-9)40-25-20(35)19(34)17(32)13(38-25)8-37-15(31)7-14(29)30/h2-6,13,17,19-20,25-28,32,34-35H,7-8H2,1H3,(H,29,30)/t13-,17-,19+,20-,25+/m1/s1. The summed E-state index contributed by atoms with van der Waals surface area (Å²) in [6.45, 7) is -0.745. The molecule has 1 aliphatic heterocycles. The van der Waals surface area contributed by atoms with Crippen molar-refractivity contribution in [2.24, 2.45) is 0 Å². The van der Waals surface area contributed by atoms with Gasteiger partial charge in [-0.05, 0) is 24.3 Å². The van der Waals surface area contributed by atoms with Crippen molar-refractivity contribution in [1.82, 2.24) is 0 Å². The zero-order chi connectivity index (χ0) is 29.3. The molecule has 0 unspecified atom stereocenters. The van der Waals surface area contributed by atoms with E-state index in [2.05, 4.69) is 0 Å². The number of carboxylic acid groups (broad SMARTS) is 1. The van der Waals surface area contributed by atoms with E-state index >= 15 is 0 Å². The second-order valence-electron chi connectivity index (χ2n) is 8.67. The van der Waals surface area contributed by atoms with Gasteiger partial charge in [0.15, 0.2) is 17.1 Å². The molecule has 1 saturated heterocycles. The molecule has 2 aromatic carbocycles. The van der Waals surface area contributed by atoms with Crippen molar-refractivity contribution in [3.63, 3.8) is 0 Å². The van der Waals surface area contributed by atoms with E-state index in [1.54, 1.807) is 0 Å². The molecule has 1 aromatic heterocycles. The molecular weight excluding hydrogens is 540 g/mol. The number of phenolic OH excluding ortho intramolecular Hbond substituents is 3. The zero-order valence-electron chi connectivity index (χ0n) is 20.6. The van der Waals surface area contributed by atoms with Crippen LogP contribution >= 0.6 is 0 Å². The molecule has 0 amide bonds. The van der Waals surface area contributed by atoms with Gasteiger partial charge in [-0.15, -0.1) is 0 Å². The summed E-state index contributed by atoms with van der Waals surface area (Å²) < 4.78 is 26.8. The van der Waals surface area contributed by atoms with Crippen LogP contribution in [0.25, 0.3) is 22.3 Å². The van der Waals surface area contributed by atoms with Gasteiger partial charge in [-0.25, -0.2) is 0 Å². The van der Waals surface area contributed by atoms with Crippen molar-refractivity contribution in [2.45, 2.75) is 37.1 Å². The summed E-state index contributed by atoms with van der Waals surface area (Å²) in [5.74, 6) is -5.32. The van der Waals surface area contributed by atoms with E-state index < -0.39 is 83.7 Å². The van der Waals surface area contributed by atoms with Gasteiger partial charge in [-0.2, -0.15) is 0 Å². The summed E-state index contributed by atoms with van der Waals surface area (Å²) in [6.07, 6.45) is -10.1. The number of benzene rings is 2. The molecule has 2 heterocycles. The normalized spacial score (nSPS) is 22.6. The first-order valence-corrected chi connectivity index (χ1v) is 11.6. The largest absolute Gasteiger partial charge is 0.508 e. The first-order chi connectivity index (χ1) is 18.9. The van der Waals surface area contributed by atoms with Crippen LogP contribution in [0.5, 0.6) is 28.7 Å². The number of esters is 1. The number of carboxylic acids is 1. The third-order valence-electron chi connectivity index (χ3n) is 5.98. The number of hydrogen-bond donors (Lipinski definition) is 7. The summed E-state index contributed by atoms with van der Waals surface area (Å²) in [4.78, 5) is 35.9. The van der Waals surface area contributed by atoms with Gasteiger partial charge in [0.1, 0.15) is 54.3 Å². The van der Waals surface area contributed by atoms with Gasteiger partial charge in [-0.1, -0.05) is 0 Å². The highest BCUT2D eigenvalue weighted by atomic mass is 16.7. The molecule has 3 aromatic rings. The smallest absolute Gasteiger partial charge is 0.317 e. The third kappa shape index (κ3) is 5.43. The maximum atomic E-state index is 13.6. The van der Waals surface area contributed by atoms with Crippen LogP contribution in [0.3, 0.4) is 0 Å². The number of methoxy groups -OCH3 is 1. The molecule has 0 aliphatic carbocycles. The SMILES string of the molecule is COc1c(O)cc(O)c2c(=O)c(O[C@@H]3O[C@H](COC(=O)CC(=O)O)[C@@H](O)[C@H](O)[C@H]3O)c(-c3ccc(O)cc3)oc12. The number of aliphatic hydroxyl groups excluding tert-OH is 3. The van der Waals surface area contributed by atoms with Crippen LogP contribution in [-0.4, -0.2) is 92.1 Å². The van der Waals surface area contributed by atoms with Crippen molar-refractivity contribution in [2.75, 3.05) is 13.7 Å². The second kappa shape index (κ2) is 11.3. The Morgan fingerprint density at radius 2 is 1.62 bits per heavy atom. The number of carbonyl (C=O) groups excluding carboxylic acids is 1. The molecule has 4 rings (SSSR count). The van der Waals surface area contributed by atoms with Gasteiger partial charge < -0.3 is 59.1 Å². The van der Waals surface area contributed by atoms with Gasteiger partial charge in [0.05, 0.1) is 7.11 Å². The summed E-state index contributed by atoms with van der Waals surface area (Å²) in [5, 5.41) is 69.7. The first kappa shape index (κ1) is 28.4. The molecule has 5 atom stereocenters. The quantitative estimate of drug-likeness (QED) is 0.138. The fraction of sp³-hybridized carbons (Fsp3) is 0.320. The Morgan fingerprint density at radius 1 is 0.950 bits per heavy atom. The Morgan fingerprint density at radius 3 is 2.25 bits per heavy atom. The lowest BCUT2D eigenvalue weighted by Gasteiger charge is -2.39. The molecule has 1 fully saturated rings. The lowest BCUT2D eigenvalue weighted by Crippen LogP contribution is -2.60. The number of phenols is 3. The Balaban J connectivity index is 1.79. The Hall–Kier alpha value is -4.57. The average Bonchev–Trinajstić information content (AvgIpc) is 2.89. The highest BCUT2D eigenvalue weighted by Gasteiger charge is 2.46. The Kier molecular flexibility index (Phi) is 8.01. The van der Waals surface area contributed by atoms with E-state index in [9.17, 15) is 45.0 Å². The number of hydrogen-bond acceptors (Lipinski definition) is 14. The molecular formula is C25H24O15. The molecule has 1 aliphatic rings. The number of aromatic hydroxyl groups is 3. The number of aliphatic carboxylic acids is 1. The van der Waals surface area contributed by atoms with E-state index in [1.807, 2.05) is 0 Å². The summed E-state index contributed by atoms with van der Waals surface area (Å²) in [5.41, 5.74) is -1.26. The van der Waals surface area contributed by atoms with Crippen LogP contribution in [-0.2, 0) is 19.1 Å². The Labute approximate surface area is 223 Å². The Bertz CT molecular complexity index is 1480. The van der Waals surface area contributed by atoms with Crippen molar-refractivity contribution in [3.8, 4) is 40.1 Å². The fourth-order valence-corrected chi connectivity index (χ4v) is 4.02. The molecule has 214 valence electrons.